The van der Waals surface area contributed by atoms with E-state index in [0.29, 0.717) is 6.04 Å². The molecule has 78 valence electrons. The molecule has 2 nitrogen and oxygen atoms in total. The predicted octanol–water partition coefficient (Wildman–Crippen LogP) is 1.55. The molecule has 3 heteroatoms. The van der Waals surface area contributed by atoms with E-state index in [2.05, 4.69) is 30.5 Å². The minimum atomic E-state index is 0.650. The predicted molar refractivity (Wildman–Crippen MR) is 61.2 cm³/mol. The van der Waals surface area contributed by atoms with Gasteiger partial charge in [-0.1, -0.05) is 0 Å². The van der Waals surface area contributed by atoms with Crippen molar-refractivity contribution in [1.82, 2.24) is 4.90 Å². The highest BCUT2D eigenvalue weighted by Gasteiger charge is 2.22. The summed E-state index contributed by atoms with van der Waals surface area (Å²) in [6.07, 6.45) is 2.70. The molecule has 1 rings (SSSR count). The molecule has 0 atom stereocenters. The monoisotopic (exact) mass is 202 g/mol. The van der Waals surface area contributed by atoms with Gasteiger partial charge in [0.25, 0.3) is 0 Å². The average molecular weight is 202 g/mol. The van der Waals surface area contributed by atoms with Gasteiger partial charge >= 0.3 is 0 Å². The van der Waals surface area contributed by atoms with Gasteiger partial charge in [-0.15, -0.1) is 0 Å². The van der Waals surface area contributed by atoms with Crippen molar-refractivity contribution in [2.75, 3.05) is 24.6 Å². The van der Waals surface area contributed by atoms with E-state index in [-0.39, 0.29) is 0 Å². The van der Waals surface area contributed by atoms with E-state index in [1.807, 2.05) is 0 Å². The number of hydrogen-bond donors (Lipinski definition) is 1. The average Bonchev–Trinajstić information content (AvgIpc) is 2.15. The maximum Gasteiger partial charge on any atom is 0.0114 e. The van der Waals surface area contributed by atoms with Gasteiger partial charge in [-0.3, -0.25) is 4.90 Å². The zero-order valence-electron chi connectivity index (χ0n) is 8.83. The van der Waals surface area contributed by atoms with E-state index < -0.39 is 0 Å². The van der Waals surface area contributed by atoms with Crippen LogP contribution in [0.2, 0.25) is 0 Å². The van der Waals surface area contributed by atoms with Gasteiger partial charge in [-0.05, 0) is 38.2 Å². The Morgan fingerprint density at radius 3 is 2.46 bits per heavy atom. The highest BCUT2D eigenvalue weighted by molar-refractivity contribution is 7.99. The van der Waals surface area contributed by atoms with Crippen molar-refractivity contribution in [1.29, 1.82) is 0 Å². The van der Waals surface area contributed by atoms with Gasteiger partial charge in [-0.25, -0.2) is 0 Å². The Bertz CT molecular complexity index is 133. The molecule has 0 saturated carbocycles. The first-order chi connectivity index (χ1) is 6.25. The second-order valence-corrected chi connectivity index (χ2v) is 5.19. The van der Waals surface area contributed by atoms with Crippen molar-refractivity contribution >= 4 is 11.8 Å². The molecule has 1 heterocycles. The maximum atomic E-state index is 5.63. The van der Waals surface area contributed by atoms with E-state index in [0.717, 1.165) is 19.1 Å². The molecular formula is C10H22N2S. The third-order valence-electron chi connectivity index (χ3n) is 2.71. The summed E-state index contributed by atoms with van der Waals surface area (Å²) in [4.78, 5) is 2.57. The van der Waals surface area contributed by atoms with Gasteiger partial charge in [0.2, 0.25) is 0 Å². The topological polar surface area (TPSA) is 29.3 Å². The zero-order chi connectivity index (χ0) is 9.68. The summed E-state index contributed by atoms with van der Waals surface area (Å²) in [5.74, 6) is 2.66. The van der Waals surface area contributed by atoms with Gasteiger partial charge in [0.15, 0.2) is 0 Å². The van der Waals surface area contributed by atoms with Gasteiger partial charge < -0.3 is 5.73 Å². The van der Waals surface area contributed by atoms with Crippen LogP contribution in [-0.2, 0) is 0 Å². The van der Waals surface area contributed by atoms with Crippen LogP contribution in [0.1, 0.15) is 26.7 Å². The van der Waals surface area contributed by atoms with Crippen molar-refractivity contribution in [2.45, 2.75) is 38.8 Å². The van der Waals surface area contributed by atoms with E-state index in [4.69, 9.17) is 5.73 Å². The maximum absolute atomic E-state index is 5.63. The van der Waals surface area contributed by atoms with Crippen LogP contribution in [0.15, 0.2) is 0 Å². The summed E-state index contributed by atoms with van der Waals surface area (Å²) in [6, 6.07) is 1.45. The number of rotatable bonds is 4. The fraction of sp³-hybridized carbons (Fsp3) is 1.00. The van der Waals surface area contributed by atoms with Gasteiger partial charge in [0, 0.05) is 25.2 Å². The van der Waals surface area contributed by atoms with Crippen LogP contribution in [0.25, 0.3) is 0 Å². The standard InChI is InChI=1S/C10H22N2S/c1-9(2)12(6-5-11)10-3-7-13-8-4-10/h9-10H,3-8,11H2,1-2H3. The van der Waals surface area contributed by atoms with Crippen molar-refractivity contribution in [3.63, 3.8) is 0 Å². The van der Waals surface area contributed by atoms with E-state index in [1.165, 1.54) is 24.3 Å². The summed E-state index contributed by atoms with van der Waals surface area (Å²) in [7, 11) is 0. The Labute approximate surface area is 86.2 Å². The number of thioether (sulfide) groups is 1. The van der Waals surface area contributed by atoms with Crippen molar-refractivity contribution in [3.05, 3.63) is 0 Å². The molecule has 0 unspecified atom stereocenters. The molecule has 1 aliphatic heterocycles. The lowest BCUT2D eigenvalue weighted by atomic mass is 10.1. The molecule has 0 aromatic rings. The third-order valence-corrected chi connectivity index (χ3v) is 3.76. The molecular weight excluding hydrogens is 180 g/mol. The van der Waals surface area contributed by atoms with Gasteiger partial charge in [0.1, 0.15) is 0 Å². The normalized spacial score (nSPS) is 20.1. The van der Waals surface area contributed by atoms with E-state index in [9.17, 15) is 0 Å². The Balaban J connectivity index is 2.41. The molecule has 0 aromatic heterocycles. The molecule has 1 aliphatic rings. The Hall–Kier alpha value is 0.270. The molecule has 0 aromatic carbocycles. The van der Waals surface area contributed by atoms with Crippen molar-refractivity contribution in [3.8, 4) is 0 Å². The number of hydrogen-bond acceptors (Lipinski definition) is 3. The van der Waals surface area contributed by atoms with E-state index in [1.54, 1.807) is 0 Å². The minimum absolute atomic E-state index is 0.650. The van der Waals surface area contributed by atoms with Crippen LogP contribution >= 0.6 is 11.8 Å². The van der Waals surface area contributed by atoms with Crippen LogP contribution < -0.4 is 5.73 Å². The molecule has 0 aliphatic carbocycles. The summed E-state index contributed by atoms with van der Waals surface area (Å²) in [5.41, 5.74) is 5.63. The van der Waals surface area contributed by atoms with Crippen LogP contribution in [0.5, 0.6) is 0 Å². The molecule has 1 saturated heterocycles. The van der Waals surface area contributed by atoms with Crippen LogP contribution in [-0.4, -0.2) is 41.6 Å². The van der Waals surface area contributed by atoms with Gasteiger partial charge in [-0.2, -0.15) is 11.8 Å². The van der Waals surface area contributed by atoms with Crippen LogP contribution in [0.4, 0.5) is 0 Å². The fourth-order valence-electron chi connectivity index (χ4n) is 2.03. The minimum Gasteiger partial charge on any atom is -0.329 e. The summed E-state index contributed by atoms with van der Waals surface area (Å²) >= 11 is 2.09. The number of nitrogens with two attached hydrogens (primary N) is 1. The van der Waals surface area contributed by atoms with Crippen LogP contribution in [0, 0.1) is 0 Å². The van der Waals surface area contributed by atoms with Gasteiger partial charge in [0.05, 0.1) is 0 Å². The lowest BCUT2D eigenvalue weighted by molar-refractivity contribution is 0.149. The molecule has 0 bridgehead atoms. The second kappa shape index (κ2) is 5.89. The largest absolute Gasteiger partial charge is 0.329 e. The second-order valence-electron chi connectivity index (χ2n) is 3.96. The molecule has 13 heavy (non-hydrogen) atoms. The summed E-state index contributed by atoms with van der Waals surface area (Å²) < 4.78 is 0. The van der Waals surface area contributed by atoms with Crippen LogP contribution in [0.3, 0.4) is 0 Å². The number of nitrogens with zero attached hydrogens (tertiary/aromatic N) is 1. The first-order valence-corrected chi connectivity index (χ1v) is 6.44. The summed E-state index contributed by atoms with van der Waals surface area (Å²) in [6.45, 7) is 6.41. The molecule has 2 N–H and O–H groups in total. The molecule has 0 radical (unpaired) electrons. The Morgan fingerprint density at radius 2 is 2.00 bits per heavy atom. The summed E-state index contributed by atoms with van der Waals surface area (Å²) in [5, 5.41) is 0. The zero-order valence-corrected chi connectivity index (χ0v) is 9.65. The van der Waals surface area contributed by atoms with Crippen molar-refractivity contribution < 1.29 is 0 Å². The molecule has 0 spiro atoms. The Kier molecular flexibility index (Phi) is 5.14. The van der Waals surface area contributed by atoms with E-state index >= 15 is 0 Å². The molecule has 1 fully saturated rings. The third kappa shape index (κ3) is 3.49. The smallest absolute Gasteiger partial charge is 0.0114 e. The van der Waals surface area contributed by atoms with Crippen molar-refractivity contribution in [2.24, 2.45) is 5.73 Å². The lowest BCUT2D eigenvalue weighted by Crippen LogP contribution is -2.44. The SMILES string of the molecule is CC(C)N(CCN)C1CCSCC1. The highest BCUT2D eigenvalue weighted by Crippen LogP contribution is 2.22. The quantitative estimate of drug-likeness (QED) is 0.750. The first-order valence-electron chi connectivity index (χ1n) is 5.29. The highest BCUT2D eigenvalue weighted by atomic mass is 32.2. The Morgan fingerprint density at radius 1 is 1.38 bits per heavy atom. The first kappa shape index (κ1) is 11.3. The lowest BCUT2D eigenvalue weighted by Gasteiger charge is -2.36. The molecule has 0 amide bonds. The fourth-order valence-corrected chi connectivity index (χ4v) is 3.11.